The molecule has 3 N–H and O–H groups in total. The number of rotatable bonds is 3. The molecule has 8 nitrogen and oxygen atoms in total. The minimum Gasteiger partial charge on any atom is -0.370 e. The summed E-state index contributed by atoms with van der Waals surface area (Å²) in [7, 11) is 0. The first kappa shape index (κ1) is 13.8. The van der Waals surface area contributed by atoms with Crippen LogP contribution in [0.5, 0.6) is 0 Å². The number of amides is 3. The van der Waals surface area contributed by atoms with Crippen molar-refractivity contribution >= 4 is 11.9 Å². The van der Waals surface area contributed by atoms with Crippen LogP contribution < -0.4 is 5.73 Å². The Labute approximate surface area is 131 Å². The van der Waals surface area contributed by atoms with E-state index in [1.807, 2.05) is 30.3 Å². The molecule has 2 atom stereocenters. The van der Waals surface area contributed by atoms with E-state index in [2.05, 4.69) is 5.10 Å². The number of hydroxylamine groups is 2. The number of para-hydroxylation sites is 1. The lowest BCUT2D eigenvalue weighted by molar-refractivity contribution is -0.119. The standard InChI is InChI=1S/C15H15N5O3/c16-13(21)6-11-14-10(12-8-18(11)15(22)20(12)23)7-19(17-14)9-4-2-1-3-5-9/h1-5,7,11-12,23H,6,8H2,(H2,16,21)/t11-,12-/m1/s1. The molecule has 0 spiro atoms. The summed E-state index contributed by atoms with van der Waals surface area (Å²) < 4.78 is 1.69. The molecule has 2 bridgehead atoms. The van der Waals surface area contributed by atoms with Gasteiger partial charge in [-0.15, -0.1) is 0 Å². The van der Waals surface area contributed by atoms with Gasteiger partial charge in [-0.3, -0.25) is 10.0 Å². The first-order valence-electron chi connectivity index (χ1n) is 7.28. The molecule has 8 heteroatoms. The van der Waals surface area contributed by atoms with Crippen molar-refractivity contribution in [3.05, 3.63) is 47.8 Å². The van der Waals surface area contributed by atoms with E-state index in [-0.39, 0.29) is 6.42 Å². The quantitative estimate of drug-likeness (QED) is 0.824. The minimum atomic E-state index is -0.548. The molecule has 118 valence electrons. The molecule has 3 amide bonds. The summed E-state index contributed by atoms with van der Waals surface area (Å²) in [5.41, 5.74) is 7.53. The highest BCUT2D eigenvalue weighted by molar-refractivity contribution is 5.80. The van der Waals surface area contributed by atoms with Crippen molar-refractivity contribution in [2.75, 3.05) is 6.54 Å². The lowest BCUT2D eigenvalue weighted by Gasteiger charge is -2.28. The molecule has 3 heterocycles. The molecule has 1 aromatic carbocycles. The summed E-state index contributed by atoms with van der Waals surface area (Å²) in [5.74, 6) is -0.516. The molecule has 1 fully saturated rings. The zero-order chi connectivity index (χ0) is 16.1. The van der Waals surface area contributed by atoms with E-state index in [0.717, 1.165) is 11.3 Å². The van der Waals surface area contributed by atoms with Gasteiger partial charge in [-0.25, -0.2) is 9.48 Å². The van der Waals surface area contributed by atoms with Gasteiger partial charge in [-0.1, -0.05) is 18.2 Å². The zero-order valence-electron chi connectivity index (χ0n) is 12.2. The van der Waals surface area contributed by atoms with Crippen LogP contribution in [0.25, 0.3) is 5.69 Å². The molecular formula is C15H15N5O3. The molecule has 1 saturated heterocycles. The molecule has 0 unspecified atom stereocenters. The minimum absolute atomic E-state index is 0.0227. The van der Waals surface area contributed by atoms with Gasteiger partial charge >= 0.3 is 6.03 Å². The fourth-order valence-electron chi connectivity index (χ4n) is 3.27. The number of hydrogen-bond acceptors (Lipinski definition) is 4. The highest BCUT2D eigenvalue weighted by Crippen LogP contribution is 2.43. The fourth-order valence-corrected chi connectivity index (χ4v) is 3.27. The number of aromatic nitrogens is 2. The Kier molecular flexibility index (Phi) is 2.88. The topological polar surface area (TPSA) is 105 Å². The molecule has 2 aromatic rings. The first-order chi connectivity index (χ1) is 11.1. The van der Waals surface area contributed by atoms with Gasteiger partial charge in [0, 0.05) is 11.8 Å². The molecule has 0 saturated carbocycles. The Hall–Kier alpha value is -2.87. The van der Waals surface area contributed by atoms with Gasteiger partial charge in [-0.05, 0) is 12.1 Å². The van der Waals surface area contributed by atoms with Crippen molar-refractivity contribution in [1.82, 2.24) is 19.7 Å². The van der Waals surface area contributed by atoms with Crippen molar-refractivity contribution in [3.63, 3.8) is 0 Å². The Bertz CT molecular complexity index is 788. The van der Waals surface area contributed by atoms with Crippen LogP contribution in [0, 0.1) is 0 Å². The highest BCUT2D eigenvalue weighted by atomic mass is 16.5. The van der Waals surface area contributed by atoms with Crippen LogP contribution in [-0.2, 0) is 4.79 Å². The highest BCUT2D eigenvalue weighted by Gasteiger charge is 2.49. The number of carbonyl (C=O) groups is 2. The molecule has 23 heavy (non-hydrogen) atoms. The van der Waals surface area contributed by atoms with Crippen molar-refractivity contribution in [1.29, 1.82) is 0 Å². The van der Waals surface area contributed by atoms with Crippen LogP contribution in [0.15, 0.2) is 36.5 Å². The maximum absolute atomic E-state index is 12.1. The number of benzene rings is 1. The molecule has 4 rings (SSSR count). The van der Waals surface area contributed by atoms with Gasteiger partial charge in [0.1, 0.15) is 6.04 Å². The normalized spacial score (nSPS) is 22.4. The Morgan fingerprint density at radius 2 is 2.09 bits per heavy atom. The third-order valence-corrected chi connectivity index (χ3v) is 4.35. The number of urea groups is 1. The zero-order valence-corrected chi connectivity index (χ0v) is 12.2. The van der Waals surface area contributed by atoms with E-state index in [1.54, 1.807) is 10.9 Å². The Morgan fingerprint density at radius 1 is 1.35 bits per heavy atom. The predicted molar refractivity (Wildman–Crippen MR) is 78.6 cm³/mol. The molecular weight excluding hydrogens is 298 g/mol. The second-order valence-corrected chi connectivity index (χ2v) is 5.73. The number of hydrogen-bond donors (Lipinski definition) is 2. The molecule has 2 aliphatic rings. The third-order valence-electron chi connectivity index (χ3n) is 4.35. The van der Waals surface area contributed by atoms with Gasteiger partial charge in [0.05, 0.1) is 30.4 Å². The van der Waals surface area contributed by atoms with Crippen LogP contribution in [0.1, 0.15) is 29.8 Å². The van der Waals surface area contributed by atoms with Crippen LogP contribution in [0.3, 0.4) is 0 Å². The van der Waals surface area contributed by atoms with Gasteiger partial charge in [0.15, 0.2) is 0 Å². The van der Waals surface area contributed by atoms with Crippen LogP contribution in [0.2, 0.25) is 0 Å². The molecule has 0 aliphatic carbocycles. The van der Waals surface area contributed by atoms with Gasteiger partial charge in [-0.2, -0.15) is 10.2 Å². The van der Waals surface area contributed by atoms with E-state index in [0.29, 0.717) is 17.3 Å². The van der Waals surface area contributed by atoms with E-state index in [9.17, 15) is 14.8 Å². The summed E-state index contributed by atoms with van der Waals surface area (Å²) in [6, 6.07) is 7.97. The molecule has 0 radical (unpaired) electrons. The number of fused-ring (bicyclic) bond motifs is 4. The average Bonchev–Trinajstić information content (AvgIpc) is 3.09. The van der Waals surface area contributed by atoms with Crippen molar-refractivity contribution in [2.45, 2.75) is 18.5 Å². The van der Waals surface area contributed by atoms with Gasteiger partial charge in [0.2, 0.25) is 5.91 Å². The van der Waals surface area contributed by atoms with Gasteiger partial charge in [0.25, 0.3) is 0 Å². The largest absolute Gasteiger partial charge is 0.370 e. The summed E-state index contributed by atoms with van der Waals surface area (Å²) in [4.78, 5) is 25.0. The Morgan fingerprint density at radius 3 is 2.78 bits per heavy atom. The van der Waals surface area contributed by atoms with E-state index >= 15 is 0 Å². The predicted octanol–water partition coefficient (Wildman–Crippen LogP) is 0.970. The van der Waals surface area contributed by atoms with Crippen LogP contribution in [0.4, 0.5) is 4.79 Å². The van der Waals surface area contributed by atoms with E-state index in [1.165, 1.54) is 4.90 Å². The van der Waals surface area contributed by atoms with Gasteiger partial charge < -0.3 is 10.6 Å². The molecule has 2 aliphatic heterocycles. The summed E-state index contributed by atoms with van der Waals surface area (Å²) in [6.45, 7) is 0.320. The monoisotopic (exact) mass is 313 g/mol. The van der Waals surface area contributed by atoms with Crippen LogP contribution in [-0.4, -0.2) is 43.4 Å². The maximum atomic E-state index is 12.1. The summed E-state index contributed by atoms with van der Waals surface area (Å²) in [6.07, 6.45) is 1.77. The number of nitrogens with zero attached hydrogens (tertiary/aromatic N) is 4. The lowest BCUT2D eigenvalue weighted by Crippen LogP contribution is -2.36. The van der Waals surface area contributed by atoms with E-state index < -0.39 is 24.0 Å². The summed E-state index contributed by atoms with van der Waals surface area (Å²) >= 11 is 0. The average molecular weight is 313 g/mol. The van der Waals surface area contributed by atoms with Crippen LogP contribution >= 0.6 is 0 Å². The molecule has 1 aromatic heterocycles. The fraction of sp³-hybridized carbons (Fsp3) is 0.267. The number of nitrogens with two attached hydrogens (primary N) is 1. The van der Waals surface area contributed by atoms with Crippen molar-refractivity contribution in [2.24, 2.45) is 5.73 Å². The summed E-state index contributed by atoms with van der Waals surface area (Å²) in [5, 5.41) is 15.3. The lowest BCUT2D eigenvalue weighted by atomic mass is 9.96. The maximum Gasteiger partial charge on any atom is 0.345 e. The van der Waals surface area contributed by atoms with Crippen molar-refractivity contribution < 1.29 is 14.8 Å². The van der Waals surface area contributed by atoms with E-state index in [4.69, 9.17) is 5.73 Å². The Balaban J connectivity index is 1.82. The van der Waals surface area contributed by atoms with Crippen molar-refractivity contribution in [3.8, 4) is 5.69 Å². The second kappa shape index (κ2) is 4.82. The smallest absolute Gasteiger partial charge is 0.345 e. The first-order valence-corrected chi connectivity index (χ1v) is 7.28. The third kappa shape index (κ3) is 1.99. The SMILES string of the molecule is NC(=O)C[C@@H]1c2nn(-c3ccccc3)cc2[C@H]2CN1C(=O)N2O. The second-order valence-electron chi connectivity index (χ2n) is 5.73. The number of primary amides is 1. The number of carbonyl (C=O) groups excluding carboxylic acids is 2.